The summed E-state index contributed by atoms with van der Waals surface area (Å²) >= 11 is 0. The smallest absolute Gasteiger partial charge is 0.259 e. The third-order valence-corrected chi connectivity index (χ3v) is 6.20. The Hall–Kier alpha value is -4.58. The number of nitrogens with two attached hydrogens (primary N) is 1. The number of methoxy groups -OCH3 is 4. The fourth-order valence-corrected chi connectivity index (χ4v) is 4.42. The number of nitrogens with zero attached hydrogens (tertiary/aromatic N) is 2. The first-order valence-electron chi connectivity index (χ1n) is 11.1. The first-order chi connectivity index (χ1) is 17.4. The van der Waals surface area contributed by atoms with Crippen molar-refractivity contribution in [2.24, 2.45) is 5.73 Å². The van der Waals surface area contributed by atoms with Crippen LogP contribution in [-0.4, -0.2) is 33.0 Å². The van der Waals surface area contributed by atoms with Gasteiger partial charge in [-0.3, -0.25) is 4.79 Å². The van der Waals surface area contributed by atoms with Gasteiger partial charge in [0.1, 0.15) is 23.1 Å². The molecular weight excluding hydrogens is 462 g/mol. The number of pyridine rings is 1. The van der Waals surface area contributed by atoms with Gasteiger partial charge in [0.15, 0.2) is 11.5 Å². The van der Waals surface area contributed by atoms with Gasteiger partial charge < -0.3 is 34.0 Å². The maximum absolute atomic E-state index is 13.9. The second kappa shape index (κ2) is 9.96. The maximum Gasteiger partial charge on any atom is 0.259 e. The van der Waals surface area contributed by atoms with Crippen LogP contribution in [0.3, 0.4) is 0 Å². The predicted octanol–water partition coefficient (Wildman–Crippen LogP) is 3.46. The van der Waals surface area contributed by atoms with Gasteiger partial charge in [0, 0.05) is 11.8 Å². The molecule has 1 aromatic heterocycles. The van der Waals surface area contributed by atoms with Crippen molar-refractivity contribution in [3.8, 4) is 34.8 Å². The van der Waals surface area contributed by atoms with Gasteiger partial charge in [-0.05, 0) is 42.3 Å². The zero-order chi connectivity index (χ0) is 26.0. The molecule has 1 aliphatic heterocycles. The summed E-state index contributed by atoms with van der Waals surface area (Å²) in [5.74, 6) is 1.71. The molecule has 0 amide bonds. The van der Waals surface area contributed by atoms with Crippen molar-refractivity contribution < 1.29 is 23.7 Å². The molecule has 0 aliphatic carbocycles. The third-order valence-electron chi connectivity index (χ3n) is 6.20. The lowest BCUT2D eigenvalue weighted by Gasteiger charge is -2.27. The summed E-state index contributed by atoms with van der Waals surface area (Å²) < 4.78 is 29.0. The fourth-order valence-electron chi connectivity index (χ4n) is 4.42. The summed E-state index contributed by atoms with van der Waals surface area (Å²) in [5, 5.41) is 9.89. The summed E-state index contributed by atoms with van der Waals surface area (Å²) in [6, 6.07) is 14.6. The molecule has 9 heteroatoms. The highest BCUT2D eigenvalue weighted by Gasteiger charge is 2.34. The first-order valence-corrected chi connectivity index (χ1v) is 11.1. The van der Waals surface area contributed by atoms with E-state index in [1.807, 2.05) is 19.1 Å². The van der Waals surface area contributed by atoms with Gasteiger partial charge in [0.25, 0.3) is 5.56 Å². The lowest BCUT2D eigenvalue weighted by Crippen LogP contribution is -2.33. The van der Waals surface area contributed by atoms with E-state index in [1.165, 1.54) is 21.3 Å². The lowest BCUT2D eigenvalue weighted by molar-refractivity contribution is 0.323. The molecule has 3 aromatic rings. The van der Waals surface area contributed by atoms with Crippen LogP contribution >= 0.6 is 0 Å². The van der Waals surface area contributed by atoms with Crippen molar-refractivity contribution in [3.05, 3.63) is 86.7 Å². The standard InChI is InChI=1S/C27H27N3O6/c1-15-10-20-24(23(19(13-28)26(29)36-20)17-6-8-18(32-2)9-7-17)27(31)30(15)14-16-11-21(33-3)25(35-5)22(12-16)34-4/h6-12,23H,14,29H2,1-5H3. The van der Waals surface area contributed by atoms with Crippen LogP contribution in [0.15, 0.2) is 58.7 Å². The van der Waals surface area contributed by atoms with Gasteiger partial charge >= 0.3 is 0 Å². The molecule has 0 bridgehead atoms. The Morgan fingerprint density at radius 3 is 2.17 bits per heavy atom. The van der Waals surface area contributed by atoms with Gasteiger partial charge in [0.05, 0.1) is 46.5 Å². The number of allylic oxidation sites excluding steroid dienone is 1. The van der Waals surface area contributed by atoms with Gasteiger partial charge in [-0.1, -0.05) is 12.1 Å². The van der Waals surface area contributed by atoms with Crippen molar-refractivity contribution in [2.45, 2.75) is 19.4 Å². The van der Waals surface area contributed by atoms with Crippen molar-refractivity contribution in [2.75, 3.05) is 28.4 Å². The molecular formula is C27H27N3O6. The van der Waals surface area contributed by atoms with Gasteiger partial charge in [-0.25, -0.2) is 0 Å². The molecule has 0 spiro atoms. The van der Waals surface area contributed by atoms with Crippen molar-refractivity contribution in [1.82, 2.24) is 4.57 Å². The van der Waals surface area contributed by atoms with Crippen LogP contribution in [0.4, 0.5) is 0 Å². The molecule has 0 saturated heterocycles. The fraction of sp³-hybridized carbons (Fsp3) is 0.259. The van der Waals surface area contributed by atoms with E-state index in [0.29, 0.717) is 40.0 Å². The Labute approximate surface area is 208 Å². The molecule has 36 heavy (non-hydrogen) atoms. The van der Waals surface area contributed by atoms with Crippen molar-refractivity contribution in [3.63, 3.8) is 0 Å². The topological polar surface area (TPSA) is 118 Å². The second-order valence-electron chi connectivity index (χ2n) is 8.19. The number of rotatable bonds is 7. The minimum Gasteiger partial charge on any atom is -0.497 e. The molecule has 2 N–H and O–H groups in total. The number of benzene rings is 2. The van der Waals surface area contributed by atoms with Crippen LogP contribution in [0.5, 0.6) is 28.7 Å². The number of hydrogen-bond donors (Lipinski definition) is 1. The summed E-state index contributed by atoms with van der Waals surface area (Å²) in [4.78, 5) is 13.9. The van der Waals surface area contributed by atoms with Crippen LogP contribution in [0, 0.1) is 18.3 Å². The summed E-state index contributed by atoms with van der Waals surface area (Å²) in [6.45, 7) is 2.04. The summed E-state index contributed by atoms with van der Waals surface area (Å²) in [6.07, 6.45) is 0. The molecule has 0 saturated carbocycles. The Kier molecular flexibility index (Phi) is 6.79. The largest absolute Gasteiger partial charge is 0.497 e. The van der Waals surface area contributed by atoms with Crippen LogP contribution in [-0.2, 0) is 6.54 Å². The normalized spacial score (nSPS) is 14.4. The van der Waals surface area contributed by atoms with Crippen LogP contribution < -0.4 is 35.0 Å². The number of fused-ring (bicyclic) bond motifs is 1. The highest BCUT2D eigenvalue weighted by Crippen LogP contribution is 2.41. The SMILES string of the molecule is COc1ccc(C2C(C#N)=C(N)Oc3cc(C)n(Cc4cc(OC)c(OC)c(OC)c4)c(=O)c32)cc1. The van der Waals surface area contributed by atoms with Gasteiger partial charge in [-0.15, -0.1) is 0 Å². The number of aryl methyl sites for hydroxylation is 1. The van der Waals surface area contributed by atoms with Crippen LogP contribution in [0.1, 0.15) is 28.3 Å². The Bertz CT molecular complexity index is 1410. The molecule has 2 aromatic carbocycles. The molecule has 1 unspecified atom stereocenters. The maximum atomic E-state index is 13.9. The number of nitriles is 1. The third kappa shape index (κ3) is 4.18. The molecule has 0 fully saturated rings. The van der Waals surface area contributed by atoms with Crippen LogP contribution in [0.25, 0.3) is 0 Å². The Morgan fingerprint density at radius 2 is 1.64 bits per heavy atom. The monoisotopic (exact) mass is 489 g/mol. The Balaban J connectivity index is 1.88. The first kappa shape index (κ1) is 24.5. The minimum absolute atomic E-state index is 0.0213. The second-order valence-corrected chi connectivity index (χ2v) is 8.19. The molecule has 0 radical (unpaired) electrons. The molecule has 1 atom stereocenters. The molecule has 2 heterocycles. The highest BCUT2D eigenvalue weighted by molar-refractivity contribution is 5.56. The molecule has 186 valence electrons. The number of aromatic nitrogens is 1. The lowest BCUT2D eigenvalue weighted by atomic mass is 9.84. The van der Waals surface area contributed by atoms with E-state index in [1.54, 1.807) is 42.0 Å². The van der Waals surface area contributed by atoms with Crippen LogP contribution in [0.2, 0.25) is 0 Å². The Morgan fingerprint density at radius 1 is 1.00 bits per heavy atom. The van der Waals surface area contributed by atoms with E-state index in [-0.39, 0.29) is 23.6 Å². The van der Waals surface area contributed by atoms with Gasteiger partial charge in [-0.2, -0.15) is 5.26 Å². The molecule has 4 rings (SSSR count). The average Bonchev–Trinajstić information content (AvgIpc) is 2.89. The van der Waals surface area contributed by atoms with E-state index in [2.05, 4.69) is 6.07 Å². The van der Waals surface area contributed by atoms with E-state index >= 15 is 0 Å². The van der Waals surface area contributed by atoms with E-state index in [4.69, 9.17) is 29.4 Å². The summed E-state index contributed by atoms with van der Waals surface area (Å²) in [5.41, 5.74) is 8.47. The van der Waals surface area contributed by atoms with E-state index < -0.39 is 5.92 Å². The van der Waals surface area contributed by atoms with Crippen molar-refractivity contribution >= 4 is 0 Å². The number of ether oxygens (including phenoxy) is 5. The zero-order valence-electron chi connectivity index (χ0n) is 20.7. The minimum atomic E-state index is -0.691. The van der Waals surface area contributed by atoms with E-state index in [9.17, 15) is 10.1 Å². The van der Waals surface area contributed by atoms with E-state index in [0.717, 1.165) is 11.1 Å². The zero-order valence-corrected chi connectivity index (χ0v) is 20.7. The van der Waals surface area contributed by atoms with Gasteiger partial charge in [0.2, 0.25) is 11.6 Å². The summed E-state index contributed by atoms with van der Waals surface area (Å²) in [7, 11) is 6.17. The van der Waals surface area contributed by atoms with Crippen molar-refractivity contribution in [1.29, 1.82) is 5.26 Å². The number of hydrogen-bond acceptors (Lipinski definition) is 8. The molecule has 9 nitrogen and oxygen atoms in total. The predicted molar refractivity (Wildman–Crippen MR) is 133 cm³/mol. The quantitative estimate of drug-likeness (QED) is 0.536. The average molecular weight is 490 g/mol. The highest BCUT2D eigenvalue weighted by atomic mass is 16.5. The molecule has 1 aliphatic rings.